The fraction of sp³-hybridized carbons (Fsp3) is 0.0645. The van der Waals surface area contributed by atoms with E-state index in [1.807, 2.05) is 0 Å². The molecule has 0 bridgehead atoms. The van der Waals surface area contributed by atoms with Crippen molar-refractivity contribution in [2.75, 3.05) is 9.80 Å². The van der Waals surface area contributed by atoms with Crippen LogP contribution < -0.4 is 26.2 Å². The molecule has 13 aromatic rings. The molecule has 0 amide bonds. The average molecular weight is 857 g/mol. The Hall–Kier alpha value is -8.28. The lowest BCUT2D eigenvalue weighted by atomic mass is 9.33. The summed E-state index contributed by atoms with van der Waals surface area (Å²) < 4.78 is 14.5. The van der Waals surface area contributed by atoms with Gasteiger partial charge < -0.3 is 8.83 Å². The third-order valence-electron chi connectivity index (χ3n) is 15.1. The SMILES string of the molecule is CCc1ccc2oc3c(c2c1)B1c2c(cccc2N(c2ccc4c5ccccc5c5ccccc5c4c2)c2oc4ccc(CC)cc4c21)N3c1ccc2c3ccccc3c3ccccc3c2c1. The molecular formula is C62H41BN2O2. The maximum absolute atomic E-state index is 7.25. The summed E-state index contributed by atoms with van der Waals surface area (Å²) in [5, 5.41) is 17.3. The number of anilines is 6. The van der Waals surface area contributed by atoms with Crippen molar-refractivity contribution in [3.8, 4) is 0 Å². The first-order valence-electron chi connectivity index (χ1n) is 23.7. The lowest BCUT2D eigenvalue weighted by molar-refractivity contribution is 0.621. The molecule has 15 rings (SSSR count). The number of furan rings is 2. The largest absolute Gasteiger partial charge is 0.440 e. The normalized spacial score (nSPS) is 13.3. The van der Waals surface area contributed by atoms with Crippen LogP contribution in [0.3, 0.4) is 0 Å². The lowest BCUT2D eigenvalue weighted by Crippen LogP contribution is -2.60. The van der Waals surface area contributed by atoms with Gasteiger partial charge in [0.15, 0.2) is 0 Å². The molecule has 0 spiro atoms. The van der Waals surface area contributed by atoms with Crippen LogP contribution in [0.1, 0.15) is 25.0 Å². The van der Waals surface area contributed by atoms with Crippen molar-refractivity contribution in [3.63, 3.8) is 0 Å². The number of hydrogen-bond donors (Lipinski definition) is 0. The van der Waals surface area contributed by atoms with E-state index in [4.69, 9.17) is 8.83 Å². The molecule has 0 saturated heterocycles. The molecule has 0 atom stereocenters. The Labute approximate surface area is 386 Å². The van der Waals surface area contributed by atoms with E-state index in [-0.39, 0.29) is 6.71 Å². The third-order valence-corrected chi connectivity index (χ3v) is 15.1. The van der Waals surface area contributed by atoms with Crippen molar-refractivity contribution in [3.05, 3.63) is 199 Å². The Morgan fingerprint density at radius 1 is 0.328 bits per heavy atom. The smallest absolute Gasteiger partial charge is 0.262 e. The minimum atomic E-state index is -0.166. The van der Waals surface area contributed by atoms with E-state index in [1.54, 1.807) is 0 Å². The van der Waals surface area contributed by atoms with Crippen LogP contribution in [0.5, 0.6) is 0 Å². The summed E-state index contributed by atoms with van der Waals surface area (Å²) in [5.74, 6) is 1.71. The van der Waals surface area contributed by atoms with E-state index in [0.29, 0.717) is 0 Å². The van der Waals surface area contributed by atoms with E-state index in [0.717, 1.165) is 69.3 Å². The van der Waals surface area contributed by atoms with Crippen molar-refractivity contribution in [2.45, 2.75) is 26.7 Å². The number of fused-ring (bicyclic) bond motifs is 20. The predicted molar refractivity (Wildman–Crippen MR) is 284 cm³/mol. The molecule has 314 valence electrons. The highest BCUT2D eigenvalue weighted by atomic mass is 16.4. The van der Waals surface area contributed by atoms with Crippen LogP contribution in [-0.2, 0) is 12.8 Å². The zero-order chi connectivity index (χ0) is 44.1. The minimum absolute atomic E-state index is 0.166. The van der Waals surface area contributed by atoms with Crippen LogP contribution in [0, 0.1) is 0 Å². The summed E-state index contributed by atoms with van der Waals surface area (Å²) in [6.07, 6.45) is 1.86. The summed E-state index contributed by atoms with van der Waals surface area (Å²) in [7, 11) is 0. The van der Waals surface area contributed by atoms with E-state index < -0.39 is 0 Å². The van der Waals surface area contributed by atoms with Gasteiger partial charge in [-0.25, -0.2) is 0 Å². The predicted octanol–water partition coefficient (Wildman–Crippen LogP) is 15.3. The second kappa shape index (κ2) is 13.6. The van der Waals surface area contributed by atoms with Gasteiger partial charge in [-0.3, -0.25) is 9.80 Å². The first-order chi connectivity index (χ1) is 33.1. The first-order valence-corrected chi connectivity index (χ1v) is 23.7. The zero-order valence-electron chi connectivity index (χ0n) is 37.1. The number of benzene rings is 11. The maximum Gasteiger partial charge on any atom is 0.262 e. The van der Waals surface area contributed by atoms with Crippen LogP contribution in [0.4, 0.5) is 34.5 Å². The van der Waals surface area contributed by atoms with E-state index in [9.17, 15) is 0 Å². The molecular weight excluding hydrogens is 816 g/mol. The molecule has 2 aliphatic rings. The molecule has 67 heavy (non-hydrogen) atoms. The van der Waals surface area contributed by atoms with Gasteiger partial charge in [0.2, 0.25) is 11.8 Å². The van der Waals surface area contributed by atoms with E-state index in [2.05, 4.69) is 212 Å². The van der Waals surface area contributed by atoms with E-state index in [1.165, 1.54) is 92.2 Å². The van der Waals surface area contributed by atoms with Gasteiger partial charge in [-0.05, 0) is 155 Å². The van der Waals surface area contributed by atoms with Crippen molar-refractivity contribution < 1.29 is 8.83 Å². The van der Waals surface area contributed by atoms with Gasteiger partial charge in [0.25, 0.3) is 6.71 Å². The topological polar surface area (TPSA) is 32.8 Å². The second-order valence-corrected chi connectivity index (χ2v) is 18.5. The van der Waals surface area contributed by atoms with Gasteiger partial charge >= 0.3 is 0 Å². The number of aryl methyl sites for hydroxylation is 2. The lowest BCUT2D eigenvalue weighted by Gasteiger charge is -2.40. The van der Waals surface area contributed by atoms with E-state index >= 15 is 0 Å². The Morgan fingerprint density at radius 2 is 0.687 bits per heavy atom. The molecule has 0 N–H and O–H groups in total. The minimum Gasteiger partial charge on any atom is -0.440 e. The quantitative estimate of drug-likeness (QED) is 0.130. The Balaban J connectivity index is 1.06. The molecule has 4 nitrogen and oxygen atoms in total. The van der Waals surface area contributed by atoms with Crippen molar-refractivity contribution in [2.24, 2.45) is 0 Å². The van der Waals surface area contributed by atoms with Crippen LogP contribution in [0.2, 0.25) is 0 Å². The van der Waals surface area contributed by atoms with Gasteiger partial charge in [0, 0.05) is 44.4 Å². The van der Waals surface area contributed by atoms with Crippen molar-refractivity contribution in [1.82, 2.24) is 0 Å². The van der Waals surface area contributed by atoms with Gasteiger partial charge in [-0.15, -0.1) is 0 Å². The Bertz CT molecular complexity index is 3950. The van der Waals surface area contributed by atoms with Gasteiger partial charge in [-0.2, -0.15) is 0 Å². The van der Waals surface area contributed by atoms with Crippen LogP contribution in [-0.4, -0.2) is 6.71 Å². The Kier molecular flexibility index (Phi) is 7.53. The first kappa shape index (κ1) is 37.0. The average Bonchev–Trinajstić information content (AvgIpc) is 3.96. The molecule has 4 heterocycles. The highest BCUT2D eigenvalue weighted by Gasteiger charge is 2.48. The van der Waals surface area contributed by atoms with Crippen molar-refractivity contribution >= 4 is 144 Å². The molecule has 5 heteroatoms. The molecule has 0 unspecified atom stereocenters. The summed E-state index contributed by atoms with van der Waals surface area (Å²) in [5.41, 5.74) is 12.2. The summed E-state index contributed by atoms with van der Waals surface area (Å²) >= 11 is 0. The number of nitrogens with zero attached hydrogens (tertiary/aromatic N) is 2. The monoisotopic (exact) mass is 856 g/mol. The molecule has 0 fully saturated rings. The molecule has 0 saturated carbocycles. The fourth-order valence-electron chi connectivity index (χ4n) is 12.1. The summed E-state index contributed by atoms with van der Waals surface area (Å²) in [6, 6.07) is 69.7. The van der Waals surface area contributed by atoms with Gasteiger partial charge in [0.1, 0.15) is 11.2 Å². The molecule has 0 radical (unpaired) electrons. The maximum atomic E-state index is 7.25. The third kappa shape index (κ3) is 4.98. The molecule has 2 aromatic heterocycles. The number of hydrogen-bond acceptors (Lipinski definition) is 4. The number of rotatable bonds is 4. The van der Waals surface area contributed by atoms with Crippen molar-refractivity contribution in [1.29, 1.82) is 0 Å². The van der Waals surface area contributed by atoms with Crippen LogP contribution >= 0.6 is 0 Å². The molecule has 2 aliphatic heterocycles. The van der Waals surface area contributed by atoms with Crippen LogP contribution in [0.25, 0.3) is 86.6 Å². The summed E-state index contributed by atoms with van der Waals surface area (Å²) in [6.45, 7) is 4.30. The second-order valence-electron chi connectivity index (χ2n) is 18.5. The molecule has 0 aliphatic carbocycles. The van der Waals surface area contributed by atoms with Gasteiger partial charge in [-0.1, -0.05) is 141 Å². The standard InChI is InChI=1S/C62H41BN2O2/c1-3-36-24-30-56-52(32-36)58-61(66-56)64(38-26-28-48-44-18-7-5-14-40(44)42-16-9-11-20-46(42)50(48)34-38)54-22-13-23-55-60(54)63(58)59-53-33-37(4-2)25-31-57(53)67-62(59)65(55)39-27-29-49-45-19-8-6-15-41(45)43-17-10-12-21-47(43)51(49)35-39/h5-35H,3-4H2,1-2H3. The fourth-order valence-corrected chi connectivity index (χ4v) is 12.1. The van der Waals surface area contributed by atoms with Crippen LogP contribution in [0.15, 0.2) is 197 Å². The Morgan fingerprint density at radius 3 is 1.06 bits per heavy atom. The highest BCUT2D eigenvalue weighted by molar-refractivity contribution is 7.02. The summed E-state index contributed by atoms with van der Waals surface area (Å²) in [4.78, 5) is 4.81. The van der Waals surface area contributed by atoms with Gasteiger partial charge in [0.05, 0.1) is 0 Å². The highest BCUT2D eigenvalue weighted by Crippen LogP contribution is 2.49. The zero-order valence-corrected chi connectivity index (χ0v) is 37.1. The molecule has 11 aromatic carbocycles.